The van der Waals surface area contributed by atoms with Crippen LogP contribution in [0.2, 0.25) is 15.1 Å². The van der Waals surface area contributed by atoms with Crippen molar-refractivity contribution in [1.82, 2.24) is 10.2 Å². The highest BCUT2D eigenvalue weighted by Gasteiger charge is 2.31. The second kappa shape index (κ2) is 11.9. The number of hydrogen-bond donors (Lipinski definition) is 1. The first kappa shape index (κ1) is 24.9. The molecule has 0 saturated heterocycles. The standard InChI is InChI=1S/C25H29Cl3N2O2/c1-2-23(25(32)29-18-10-4-3-5-11-18)30(16-17-9-6-7-12-20(17)26)24(31)15-19-21(27)13-8-14-22(19)28/h6-9,12-14,18,23H,2-5,10-11,15-16H2,1H3,(H,29,32)/t23-/m1/s1. The minimum atomic E-state index is -0.609. The molecule has 1 fully saturated rings. The zero-order chi connectivity index (χ0) is 23.1. The topological polar surface area (TPSA) is 49.4 Å². The van der Waals surface area contributed by atoms with Gasteiger partial charge in [0.15, 0.2) is 0 Å². The summed E-state index contributed by atoms with van der Waals surface area (Å²) in [5, 5.41) is 4.60. The van der Waals surface area contributed by atoms with Gasteiger partial charge in [-0.25, -0.2) is 0 Å². The van der Waals surface area contributed by atoms with Crippen molar-refractivity contribution in [3.8, 4) is 0 Å². The average Bonchev–Trinajstić information content (AvgIpc) is 2.78. The molecule has 2 aromatic carbocycles. The predicted molar refractivity (Wildman–Crippen MR) is 131 cm³/mol. The van der Waals surface area contributed by atoms with E-state index in [1.54, 1.807) is 29.2 Å². The molecule has 1 atom stereocenters. The summed E-state index contributed by atoms with van der Waals surface area (Å²) in [7, 11) is 0. The summed E-state index contributed by atoms with van der Waals surface area (Å²) < 4.78 is 0. The van der Waals surface area contributed by atoms with Crippen LogP contribution in [0, 0.1) is 0 Å². The van der Waals surface area contributed by atoms with Crippen LogP contribution < -0.4 is 5.32 Å². The van der Waals surface area contributed by atoms with Gasteiger partial charge in [0.2, 0.25) is 11.8 Å². The third-order valence-electron chi connectivity index (χ3n) is 6.03. The normalized spacial score (nSPS) is 15.2. The summed E-state index contributed by atoms with van der Waals surface area (Å²) in [5.41, 5.74) is 1.35. The molecular formula is C25H29Cl3N2O2. The lowest BCUT2D eigenvalue weighted by molar-refractivity contribution is -0.141. The molecule has 2 aromatic rings. The number of nitrogens with one attached hydrogen (secondary N) is 1. The molecule has 0 unspecified atom stereocenters. The highest BCUT2D eigenvalue weighted by molar-refractivity contribution is 6.36. The molecule has 1 N–H and O–H groups in total. The lowest BCUT2D eigenvalue weighted by Crippen LogP contribution is -2.52. The highest BCUT2D eigenvalue weighted by atomic mass is 35.5. The summed E-state index contributed by atoms with van der Waals surface area (Å²) >= 11 is 19.0. The first-order valence-electron chi connectivity index (χ1n) is 11.2. The minimum Gasteiger partial charge on any atom is -0.352 e. The largest absolute Gasteiger partial charge is 0.352 e. The van der Waals surface area contributed by atoms with E-state index in [9.17, 15) is 9.59 Å². The summed E-state index contributed by atoms with van der Waals surface area (Å²) in [6.07, 6.45) is 5.91. The molecule has 2 amide bonds. The van der Waals surface area contributed by atoms with Crippen molar-refractivity contribution in [2.75, 3.05) is 0 Å². The van der Waals surface area contributed by atoms with E-state index in [0.717, 1.165) is 31.2 Å². The van der Waals surface area contributed by atoms with Crippen LogP contribution in [0.15, 0.2) is 42.5 Å². The van der Waals surface area contributed by atoms with Crippen LogP contribution in [0.1, 0.15) is 56.6 Å². The Balaban J connectivity index is 1.86. The van der Waals surface area contributed by atoms with Crippen molar-refractivity contribution in [3.05, 3.63) is 68.7 Å². The Bertz CT molecular complexity index is 924. The molecule has 1 aliphatic carbocycles. The summed E-state index contributed by atoms with van der Waals surface area (Å²) in [6, 6.07) is 12.1. The van der Waals surface area contributed by atoms with E-state index in [-0.39, 0.29) is 30.8 Å². The molecule has 0 bridgehead atoms. The first-order valence-corrected chi connectivity index (χ1v) is 12.3. The van der Waals surface area contributed by atoms with Crippen molar-refractivity contribution in [2.45, 2.75) is 70.5 Å². The fourth-order valence-electron chi connectivity index (χ4n) is 4.23. The zero-order valence-corrected chi connectivity index (χ0v) is 20.5. The number of halogens is 3. The molecule has 172 valence electrons. The van der Waals surface area contributed by atoms with Crippen LogP contribution in [0.3, 0.4) is 0 Å². The van der Waals surface area contributed by atoms with Crippen molar-refractivity contribution >= 4 is 46.6 Å². The van der Waals surface area contributed by atoms with E-state index < -0.39 is 6.04 Å². The van der Waals surface area contributed by atoms with Gasteiger partial charge in [-0.05, 0) is 48.6 Å². The maximum absolute atomic E-state index is 13.5. The molecule has 0 heterocycles. The lowest BCUT2D eigenvalue weighted by atomic mass is 9.95. The number of carbonyl (C=O) groups excluding carboxylic acids is 2. The average molecular weight is 496 g/mol. The van der Waals surface area contributed by atoms with Gasteiger partial charge in [-0.15, -0.1) is 0 Å². The second-order valence-corrected chi connectivity index (χ2v) is 9.48. The van der Waals surface area contributed by atoms with Crippen molar-refractivity contribution < 1.29 is 9.59 Å². The Labute approximate surface area is 205 Å². The summed E-state index contributed by atoms with van der Waals surface area (Å²) in [5.74, 6) is -0.337. The summed E-state index contributed by atoms with van der Waals surface area (Å²) in [6.45, 7) is 2.15. The van der Waals surface area contributed by atoms with Gasteiger partial charge in [-0.2, -0.15) is 0 Å². The van der Waals surface area contributed by atoms with Gasteiger partial charge < -0.3 is 10.2 Å². The molecule has 0 aromatic heterocycles. The Hall–Kier alpha value is -1.75. The number of amides is 2. The Morgan fingerprint density at radius 1 is 0.969 bits per heavy atom. The van der Waals surface area contributed by atoms with Gasteiger partial charge >= 0.3 is 0 Å². The van der Waals surface area contributed by atoms with Crippen molar-refractivity contribution in [2.24, 2.45) is 0 Å². The first-order chi connectivity index (χ1) is 15.4. The fourth-order valence-corrected chi connectivity index (χ4v) is 4.95. The number of hydrogen-bond acceptors (Lipinski definition) is 2. The van der Waals surface area contributed by atoms with Gasteiger partial charge in [0.25, 0.3) is 0 Å². The molecule has 1 saturated carbocycles. The quantitative estimate of drug-likeness (QED) is 0.458. The molecule has 4 nitrogen and oxygen atoms in total. The Morgan fingerprint density at radius 2 is 1.59 bits per heavy atom. The van der Waals surface area contributed by atoms with Gasteiger partial charge in [0.1, 0.15) is 6.04 Å². The third kappa shape index (κ3) is 6.40. The van der Waals surface area contributed by atoms with Crippen LogP contribution >= 0.6 is 34.8 Å². The smallest absolute Gasteiger partial charge is 0.243 e. The van der Waals surface area contributed by atoms with Gasteiger partial charge in [-0.1, -0.05) is 85.3 Å². The van der Waals surface area contributed by atoms with Crippen LogP contribution in [0.25, 0.3) is 0 Å². The molecular weight excluding hydrogens is 467 g/mol. The number of benzene rings is 2. The molecule has 0 radical (unpaired) electrons. The van der Waals surface area contributed by atoms with Gasteiger partial charge in [0.05, 0.1) is 6.42 Å². The zero-order valence-electron chi connectivity index (χ0n) is 18.3. The Morgan fingerprint density at radius 3 is 2.22 bits per heavy atom. The maximum Gasteiger partial charge on any atom is 0.243 e. The van der Waals surface area contributed by atoms with E-state index in [1.807, 2.05) is 25.1 Å². The molecule has 3 rings (SSSR count). The molecule has 7 heteroatoms. The van der Waals surface area contributed by atoms with E-state index in [0.29, 0.717) is 27.1 Å². The van der Waals surface area contributed by atoms with E-state index in [2.05, 4.69) is 5.32 Å². The van der Waals surface area contributed by atoms with E-state index in [1.165, 1.54) is 6.42 Å². The maximum atomic E-state index is 13.5. The van der Waals surface area contributed by atoms with Crippen LogP contribution in [0.5, 0.6) is 0 Å². The van der Waals surface area contributed by atoms with Crippen LogP contribution in [-0.4, -0.2) is 28.8 Å². The van der Waals surface area contributed by atoms with Crippen LogP contribution in [-0.2, 0) is 22.6 Å². The van der Waals surface area contributed by atoms with Gasteiger partial charge in [0, 0.05) is 27.7 Å². The highest BCUT2D eigenvalue weighted by Crippen LogP contribution is 2.27. The van der Waals surface area contributed by atoms with Crippen LogP contribution in [0.4, 0.5) is 0 Å². The van der Waals surface area contributed by atoms with E-state index >= 15 is 0 Å². The van der Waals surface area contributed by atoms with Crippen molar-refractivity contribution in [3.63, 3.8) is 0 Å². The molecule has 32 heavy (non-hydrogen) atoms. The monoisotopic (exact) mass is 494 g/mol. The molecule has 0 spiro atoms. The minimum absolute atomic E-state index is 0.0101. The van der Waals surface area contributed by atoms with Gasteiger partial charge in [-0.3, -0.25) is 9.59 Å². The van der Waals surface area contributed by atoms with Crippen molar-refractivity contribution in [1.29, 1.82) is 0 Å². The Kier molecular flexibility index (Phi) is 9.27. The SMILES string of the molecule is CC[C@H](C(=O)NC1CCCCC1)N(Cc1ccccc1Cl)C(=O)Cc1c(Cl)cccc1Cl. The summed E-state index contributed by atoms with van der Waals surface area (Å²) in [4.78, 5) is 28.4. The fraction of sp³-hybridized carbons (Fsp3) is 0.440. The molecule has 0 aliphatic heterocycles. The number of rotatable bonds is 8. The number of nitrogens with zero attached hydrogens (tertiary/aromatic N) is 1. The molecule has 1 aliphatic rings. The third-order valence-corrected chi connectivity index (χ3v) is 7.10. The number of carbonyl (C=O) groups is 2. The van der Waals surface area contributed by atoms with E-state index in [4.69, 9.17) is 34.8 Å². The lowest BCUT2D eigenvalue weighted by Gasteiger charge is -2.33. The predicted octanol–water partition coefficient (Wildman–Crippen LogP) is 6.45. The second-order valence-electron chi connectivity index (χ2n) is 8.26.